The first-order valence-electron chi connectivity index (χ1n) is 8.27. The van der Waals surface area contributed by atoms with Gasteiger partial charge in [-0.05, 0) is 63.8 Å². The summed E-state index contributed by atoms with van der Waals surface area (Å²) >= 11 is 0. The van der Waals surface area contributed by atoms with Crippen LogP contribution in [0.15, 0.2) is 34.3 Å². The van der Waals surface area contributed by atoms with E-state index in [0.717, 1.165) is 24.9 Å². The van der Waals surface area contributed by atoms with Gasteiger partial charge in [0.1, 0.15) is 0 Å². The number of hydrogen-bond donors (Lipinski definition) is 3. The molecule has 1 saturated heterocycles. The van der Waals surface area contributed by atoms with Gasteiger partial charge in [0.2, 0.25) is 5.96 Å². The Hall–Kier alpha value is -1.79. The fraction of sp³-hybridized carbons (Fsp3) is 0.529. The lowest BCUT2D eigenvalue weighted by Crippen LogP contribution is -2.51. The smallest absolute Gasteiger partial charge is 0.223 e. The minimum absolute atomic E-state index is 0. The molecule has 0 radical (unpaired) electrons. The lowest BCUT2D eigenvalue weighted by atomic mass is 9.98. The molecule has 6 nitrogen and oxygen atoms in total. The van der Waals surface area contributed by atoms with E-state index in [0.29, 0.717) is 24.6 Å². The molecule has 1 aromatic rings. The van der Waals surface area contributed by atoms with E-state index in [2.05, 4.69) is 28.7 Å². The molecule has 0 amide bonds. The van der Waals surface area contributed by atoms with Crippen molar-refractivity contribution in [3.63, 3.8) is 0 Å². The van der Waals surface area contributed by atoms with Gasteiger partial charge in [-0.15, -0.1) is 12.4 Å². The van der Waals surface area contributed by atoms with Crippen LogP contribution in [0.4, 0.5) is 5.69 Å². The molecule has 134 valence electrons. The Kier molecular flexibility index (Phi) is 8.01. The Morgan fingerprint density at radius 1 is 1.12 bits per heavy atom. The van der Waals surface area contributed by atoms with E-state index in [4.69, 9.17) is 17.2 Å². The molecule has 6 N–H and O–H groups in total. The second kappa shape index (κ2) is 9.49. The molecule has 1 aliphatic rings. The number of likely N-dealkylation sites (tertiary alicyclic amines) is 1. The van der Waals surface area contributed by atoms with E-state index in [1.54, 1.807) is 0 Å². The van der Waals surface area contributed by atoms with Crippen LogP contribution in [-0.2, 0) is 6.42 Å². The van der Waals surface area contributed by atoms with E-state index >= 15 is 0 Å². The van der Waals surface area contributed by atoms with Crippen LogP contribution in [-0.4, -0.2) is 35.4 Å². The number of rotatable bonds is 3. The fourth-order valence-electron chi connectivity index (χ4n) is 3.11. The Balaban J connectivity index is 0.00000288. The fourth-order valence-corrected chi connectivity index (χ4v) is 3.11. The molecule has 0 bridgehead atoms. The van der Waals surface area contributed by atoms with E-state index < -0.39 is 0 Å². The van der Waals surface area contributed by atoms with Gasteiger partial charge in [0.05, 0.1) is 5.69 Å². The Morgan fingerprint density at radius 2 is 1.71 bits per heavy atom. The highest BCUT2D eigenvalue weighted by Gasteiger charge is 2.26. The van der Waals surface area contributed by atoms with E-state index in [1.165, 1.54) is 12.0 Å². The first kappa shape index (κ1) is 20.3. The van der Waals surface area contributed by atoms with Gasteiger partial charge in [0.25, 0.3) is 0 Å². The number of guanidine groups is 2. The molecule has 1 heterocycles. The molecule has 1 aromatic carbocycles. The van der Waals surface area contributed by atoms with Crippen LogP contribution in [0.5, 0.6) is 0 Å². The summed E-state index contributed by atoms with van der Waals surface area (Å²) in [6.07, 6.45) is 4.33. The van der Waals surface area contributed by atoms with Gasteiger partial charge in [-0.3, -0.25) is 0 Å². The molecule has 2 atom stereocenters. The van der Waals surface area contributed by atoms with Crippen molar-refractivity contribution >= 4 is 30.0 Å². The number of benzene rings is 1. The molecule has 0 saturated carbocycles. The van der Waals surface area contributed by atoms with Crippen LogP contribution < -0.4 is 17.2 Å². The number of aliphatic imine (C=N–C) groups is 2. The second-order valence-electron chi connectivity index (χ2n) is 6.18. The largest absolute Gasteiger partial charge is 0.369 e. The van der Waals surface area contributed by atoms with Gasteiger partial charge < -0.3 is 22.1 Å². The van der Waals surface area contributed by atoms with Crippen molar-refractivity contribution in [2.75, 3.05) is 6.54 Å². The van der Waals surface area contributed by atoms with Gasteiger partial charge in [-0.2, -0.15) is 4.99 Å². The molecule has 1 fully saturated rings. The van der Waals surface area contributed by atoms with E-state index in [1.807, 2.05) is 24.3 Å². The van der Waals surface area contributed by atoms with Crippen molar-refractivity contribution in [2.24, 2.45) is 27.2 Å². The molecule has 1 aliphatic heterocycles. The highest BCUT2D eigenvalue weighted by atomic mass is 35.5. The summed E-state index contributed by atoms with van der Waals surface area (Å²) in [5.41, 5.74) is 19.6. The third kappa shape index (κ3) is 5.39. The van der Waals surface area contributed by atoms with E-state index in [-0.39, 0.29) is 18.4 Å². The number of nitrogens with zero attached hydrogens (tertiary/aromatic N) is 3. The van der Waals surface area contributed by atoms with Crippen molar-refractivity contribution in [3.05, 3.63) is 29.8 Å². The summed E-state index contributed by atoms with van der Waals surface area (Å²) in [6.45, 7) is 4.97. The van der Waals surface area contributed by atoms with Crippen molar-refractivity contribution in [2.45, 2.75) is 51.6 Å². The zero-order chi connectivity index (χ0) is 16.8. The lowest BCUT2D eigenvalue weighted by Gasteiger charge is -2.39. The van der Waals surface area contributed by atoms with Gasteiger partial charge in [-0.1, -0.05) is 12.1 Å². The predicted molar refractivity (Wildman–Crippen MR) is 104 cm³/mol. The van der Waals surface area contributed by atoms with Crippen LogP contribution in [0, 0.1) is 0 Å². The maximum absolute atomic E-state index is 6.15. The quantitative estimate of drug-likeness (QED) is 0.572. The third-order valence-corrected chi connectivity index (χ3v) is 4.30. The molecule has 0 spiro atoms. The molecule has 7 heteroatoms. The number of hydrogen-bond acceptors (Lipinski definition) is 2. The lowest BCUT2D eigenvalue weighted by molar-refractivity contribution is 0.189. The highest BCUT2D eigenvalue weighted by molar-refractivity contribution is 5.94. The Morgan fingerprint density at radius 3 is 2.25 bits per heavy atom. The van der Waals surface area contributed by atoms with Crippen LogP contribution in [0.25, 0.3) is 0 Å². The summed E-state index contributed by atoms with van der Waals surface area (Å²) in [6, 6.07) is 8.59. The average molecular weight is 353 g/mol. The third-order valence-electron chi connectivity index (χ3n) is 4.30. The normalized spacial score (nSPS) is 22.2. The summed E-state index contributed by atoms with van der Waals surface area (Å²) in [5.74, 6) is 0.629. The Labute approximate surface area is 150 Å². The van der Waals surface area contributed by atoms with Gasteiger partial charge in [-0.25, -0.2) is 4.99 Å². The number of nitrogens with two attached hydrogens (primary N) is 3. The highest BCUT2D eigenvalue weighted by Crippen LogP contribution is 2.22. The van der Waals surface area contributed by atoms with Gasteiger partial charge in [0.15, 0.2) is 5.96 Å². The summed E-state index contributed by atoms with van der Waals surface area (Å²) in [4.78, 5) is 10.7. The first-order valence-corrected chi connectivity index (χ1v) is 8.27. The standard InChI is InChI=1S/C17H28N6.ClH/c1-12-4-3-5-13(2)23(12)17(20)22-16(19)21-15-8-6-14(7-9-15)10-11-18;/h6-9,12-13H,3-5,10-11,18H2,1-2H3,(H4,19,20,21,22);1H/t12-,13+;. The van der Waals surface area contributed by atoms with Crippen molar-refractivity contribution in [1.82, 2.24) is 4.90 Å². The van der Waals surface area contributed by atoms with Gasteiger partial charge >= 0.3 is 0 Å². The minimum Gasteiger partial charge on any atom is -0.369 e. The molecule has 0 aromatic heterocycles. The zero-order valence-corrected chi connectivity index (χ0v) is 15.3. The first-order chi connectivity index (χ1) is 11.0. The zero-order valence-electron chi connectivity index (χ0n) is 14.5. The number of halogens is 1. The number of piperidine rings is 1. The SMILES string of the molecule is C[C@@H]1CCC[C@H](C)N1C(N)=NC(N)=Nc1ccc(CCN)cc1.Cl. The molecule has 2 rings (SSSR count). The summed E-state index contributed by atoms with van der Waals surface area (Å²) in [7, 11) is 0. The van der Waals surface area contributed by atoms with E-state index in [9.17, 15) is 0 Å². The van der Waals surface area contributed by atoms with Gasteiger partial charge in [0, 0.05) is 12.1 Å². The monoisotopic (exact) mass is 352 g/mol. The molecule has 24 heavy (non-hydrogen) atoms. The maximum atomic E-state index is 6.15. The minimum atomic E-state index is 0. The van der Waals surface area contributed by atoms with Crippen molar-refractivity contribution in [1.29, 1.82) is 0 Å². The van der Waals surface area contributed by atoms with Crippen LogP contribution >= 0.6 is 12.4 Å². The molecular weight excluding hydrogens is 324 g/mol. The van der Waals surface area contributed by atoms with Crippen LogP contribution in [0.3, 0.4) is 0 Å². The van der Waals surface area contributed by atoms with Crippen LogP contribution in [0.2, 0.25) is 0 Å². The topological polar surface area (TPSA) is 106 Å². The predicted octanol–water partition coefficient (Wildman–Crippen LogP) is 2.13. The molecular formula is C17H29ClN6. The summed E-state index contributed by atoms with van der Waals surface area (Å²) in [5, 5.41) is 0. The maximum Gasteiger partial charge on any atom is 0.223 e. The van der Waals surface area contributed by atoms with Crippen molar-refractivity contribution < 1.29 is 0 Å². The van der Waals surface area contributed by atoms with Crippen LogP contribution in [0.1, 0.15) is 38.7 Å². The van der Waals surface area contributed by atoms with Crippen molar-refractivity contribution in [3.8, 4) is 0 Å². The molecule has 0 aliphatic carbocycles. The molecule has 0 unspecified atom stereocenters. The second-order valence-corrected chi connectivity index (χ2v) is 6.18. The average Bonchev–Trinajstić information content (AvgIpc) is 2.49. The summed E-state index contributed by atoms with van der Waals surface area (Å²) < 4.78 is 0. The Bertz CT molecular complexity index is 559.